The van der Waals surface area contributed by atoms with Gasteiger partial charge in [0.1, 0.15) is 5.82 Å². The third-order valence-electron chi connectivity index (χ3n) is 3.69. The molecule has 0 bridgehead atoms. The third kappa shape index (κ3) is 4.30. The Morgan fingerprint density at radius 2 is 1.54 bits per heavy atom. The lowest BCUT2D eigenvalue weighted by Gasteiger charge is -2.08. The number of para-hydroxylation sites is 1. The zero-order chi connectivity index (χ0) is 18.4. The van der Waals surface area contributed by atoms with Crippen LogP contribution in [0.15, 0.2) is 73.1 Å². The van der Waals surface area contributed by atoms with E-state index in [0.29, 0.717) is 11.3 Å². The van der Waals surface area contributed by atoms with Crippen LogP contribution in [0.3, 0.4) is 0 Å². The number of carbonyl (C=O) groups is 2. The Balaban J connectivity index is 1.67. The van der Waals surface area contributed by atoms with Gasteiger partial charge in [0.25, 0.3) is 11.8 Å². The van der Waals surface area contributed by atoms with Crippen molar-refractivity contribution in [1.29, 1.82) is 0 Å². The van der Waals surface area contributed by atoms with Crippen molar-refractivity contribution in [2.75, 3.05) is 5.32 Å². The molecule has 3 rings (SSSR count). The molecular formula is C20H16FN3O2. The second kappa shape index (κ2) is 8.02. The van der Waals surface area contributed by atoms with Crippen LogP contribution in [0.4, 0.5) is 10.1 Å². The Bertz CT molecular complexity index is 929. The van der Waals surface area contributed by atoms with E-state index in [2.05, 4.69) is 15.6 Å². The predicted molar refractivity (Wildman–Crippen MR) is 96.2 cm³/mol. The molecule has 0 saturated carbocycles. The van der Waals surface area contributed by atoms with E-state index in [9.17, 15) is 14.0 Å². The molecule has 6 heteroatoms. The van der Waals surface area contributed by atoms with Gasteiger partial charge in [-0.25, -0.2) is 4.39 Å². The lowest BCUT2D eigenvalue weighted by atomic mass is 10.1. The highest BCUT2D eigenvalue weighted by Crippen LogP contribution is 2.10. The summed E-state index contributed by atoms with van der Waals surface area (Å²) in [7, 11) is 0. The third-order valence-corrected chi connectivity index (χ3v) is 3.69. The van der Waals surface area contributed by atoms with Gasteiger partial charge >= 0.3 is 0 Å². The molecule has 0 atom stereocenters. The molecule has 0 aliphatic carbocycles. The number of nitrogens with one attached hydrogen (secondary N) is 2. The number of aromatic nitrogens is 1. The van der Waals surface area contributed by atoms with E-state index in [4.69, 9.17) is 0 Å². The zero-order valence-corrected chi connectivity index (χ0v) is 13.8. The molecule has 0 radical (unpaired) electrons. The maximum Gasteiger partial charge on any atom is 0.257 e. The van der Waals surface area contributed by atoms with Gasteiger partial charge in [0, 0.05) is 30.2 Å². The second-order valence-electron chi connectivity index (χ2n) is 5.56. The van der Waals surface area contributed by atoms with E-state index in [1.165, 1.54) is 24.5 Å². The Kier molecular flexibility index (Phi) is 5.34. The summed E-state index contributed by atoms with van der Waals surface area (Å²) in [6.45, 7) is 0.0476. The quantitative estimate of drug-likeness (QED) is 0.742. The largest absolute Gasteiger partial charge is 0.348 e. The monoisotopic (exact) mass is 349 g/mol. The lowest BCUT2D eigenvalue weighted by Crippen LogP contribution is -2.24. The van der Waals surface area contributed by atoms with Crippen molar-refractivity contribution in [3.63, 3.8) is 0 Å². The fraction of sp³-hybridized carbons (Fsp3) is 0.0500. The molecule has 2 aromatic carbocycles. The molecule has 1 heterocycles. The molecule has 2 amide bonds. The standard InChI is InChI=1S/C20H16FN3O2/c21-18-9-5-4-6-14(18)13-23-19(25)15-10-16(12-22-11-15)20(26)24-17-7-2-1-3-8-17/h1-12H,13H2,(H,23,25)(H,24,26). The average Bonchev–Trinajstić information content (AvgIpc) is 2.68. The molecule has 26 heavy (non-hydrogen) atoms. The maximum atomic E-state index is 13.6. The van der Waals surface area contributed by atoms with Crippen molar-refractivity contribution < 1.29 is 14.0 Å². The Hall–Kier alpha value is -3.54. The normalized spacial score (nSPS) is 10.2. The van der Waals surface area contributed by atoms with Gasteiger partial charge in [-0.1, -0.05) is 36.4 Å². The van der Waals surface area contributed by atoms with Crippen LogP contribution in [0.25, 0.3) is 0 Å². The molecule has 1 aromatic heterocycles. The molecule has 0 saturated heterocycles. The first-order valence-corrected chi connectivity index (χ1v) is 7.96. The van der Waals surface area contributed by atoms with Gasteiger partial charge in [-0.05, 0) is 24.3 Å². The number of pyridine rings is 1. The summed E-state index contributed by atoms with van der Waals surface area (Å²) in [6, 6.07) is 16.6. The van der Waals surface area contributed by atoms with Gasteiger partial charge in [-0.3, -0.25) is 14.6 Å². The topological polar surface area (TPSA) is 71.1 Å². The first-order valence-electron chi connectivity index (χ1n) is 7.96. The number of rotatable bonds is 5. The van der Waals surface area contributed by atoms with Crippen LogP contribution < -0.4 is 10.6 Å². The van der Waals surface area contributed by atoms with Gasteiger partial charge in [0.15, 0.2) is 0 Å². The van der Waals surface area contributed by atoms with Gasteiger partial charge in [0.05, 0.1) is 11.1 Å². The summed E-state index contributed by atoms with van der Waals surface area (Å²) in [6.07, 6.45) is 2.74. The Morgan fingerprint density at radius 1 is 0.885 bits per heavy atom. The minimum absolute atomic E-state index is 0.0476. The van der Waals surface area contributed by atoms with Crippen molar-refractivity contribution in [1.82, 2.24) is 10.3 Å². The zero-order valence-electron chi connectivity index (χ0n) is 13.8. The molecule has 0 unspecified atom stereocenters. The fourth-order valence-electron chi connectivity index (χ4n) is 2.33. The molecule has 130 valence electrons. The van der Waals surface area contributed by atoms with Crippen molar-refractivity contribution in [3.05, 3.63) is 95.6 Å². The summed E-state index contributed by atoms with van der Waals surface area (Å²) in [5.74, 6) is -1.19. The van der Waals surface area contributed by atoms with Crippen LogP contribution in [-0.4, -0.2) is 16.8 Å². The van der Waals surface area contributed by atoms with Crippen LogP contribution in [-0.2, 0) is 6.54 Å². The van der Waals surface area contributed by atoms with Gasteiger partial charge in [0.2, 0.25) is 0 Å². The van der Waals surface area contributed by atoms with Gasteiger partial charge in [-0.15, -0.1) is 0 Å². The highest BCUT2D eigenvalue weighted by molar-refractivity contribution is 6.05. The minimum atomic E-state index is -0.435. The first-order chi connectivity index (χ1) is 12.6. The summed E-state index contributed by atoms with van der Waals surface area (Å²) in [4.78, 5) is 28.5. The lowest BCUT2D eigenvalue weighted by molar-refractivity contribution is 0.0950. The number of benzene rings is 2. The van der Waals surface area contributed by atoms with E-state index in [1.807, 2.05) is 6.07 Å². The highest BCUT2D eigenvalue weighted by Gasteiger charge is 2.12. The van der Waals surface area contributed by atoms with E-state index in [0.717, 1.165) is 0 Å². The van der Waals surface area contributed by atoms with Crippen LogP contribution in [0.1, 0.15) is 26.3 Å². The number of hydrogen-bond acceptors (Lipinski definition) is 3. The van der Waals surface area contributed by atoms with Crippen molar-refractivity contribution in [2.45, 2.75) is 6.54 Å². The van der Waals surface area contributed by atoms with E-state index in [-0.39, 0.29) is 29.4 Å². The average molecular weight is 349 g/mol. The molecule has 0 spiro atoms. The maximum absolute atomic E-state index is 13.6. The van der Waals surface area contributed by atoms with Crippen LogP contribution in [0.2, 0.25) is 0 Å². The predicted octanol–water partition coefficient (Wildman–Crippen LogP) is 3.40. The molecule has 0 aliphatic rings. The van der Waals surface area contributed by atoms with Crippen molar-refractivity contribution in [2.24, 2.45) is 0 Å². The summed E-state index contributed by atoms with van der Waals surface area (Å²) >= 11 is 0. The molecule has 3 aromatic rings. The molecule has 0 aliphatic heterocycles. The number of amides is 2. The summed E-state index contributed by atoms with van der Waals surface area (Å²) in [5, 5.41) is 5.35. The minimum Gasteiger partial charge on any atom is -0.348 e. The number of nitrogens with zero attached hydrogens (tertiary/aromatic N) is 1. The summed E-state index contributed by atoms with van der Waals surface area (Å²) in [5.41, 5.74) is 1.51. The number of hydrogen-bond donors (Lipinski definition) is 2. The first kappa shape index (κ1) is 17.3. The van der Waals surface area contributed by atoms with Crippen LogP contribution in [0, 0.1) is 5.82 Å². The Labute approximate surface area is 149 Å². The highest BCUT2D eigenvalue weighted by atomic mass is 19.1. The van der Waals surface area contributed by atoms with Gasteiger partial charge < -0.3 is 10.6 Å². The molecule has 2 N–H and O–H groups in total. The number of halogens is 1. The molecule has 5 nitrogen and oxygen atoms in total. The smallest absolute Gasteiger partial charge is 0.257 e. The second-order valence-corrected chi connectivity index (χ2v) is 5.56. The number of anilines is 1. The van der Waals surface area contributed by atoms with Gasteiger partial charge in [-0.2, -0.15) is 0 Å². The van der Waals surface area contributed by atoms with Crippen LogP contribution in [0.5, 0.6) is 0 Å². The number of carbonyl (C=O) groups excluding carboxylic acids is 2. The van der Waals surface area contributed by atoms with E-state index >= 15 is 0 Å². The van der Waals surface area contributed by atoms with Crippen molar-refractivity contribution in [3.8, 4) is 0 Å². The van der Waals surface area contributed by atoms with Crippen molar-refractivity contribution >= 4 is 17.5 Å². The van der Waals surface area contributed by atoms with E-state index in [1.54, 1.807) is 42.5 Å². The SMILES string of the molecule is O=C(NCc1ccccc1F)c1cncc(C(=O)Nc2ccccc2)c1. The fourth-order valence-corrected chi connectivity index (χ4v) is 2.33. The summed E-state index contributed by atoms with van der Waals surface area (Å²) < 4.78 is 13.6. The Morgan fingerprint density at radius 3 is 2.27 bits per heavy atom. The van der Waals surface area contributed by atoms with Crippen LogP contribution >= 0.6 is 0 Å². The van der Waals surface area contributed by atoms with E-state index < -0.39 is 5.91 Å². The molecular weight excluding hydrogens is 333 g/mol. The molecule has 0 fully saturated rings.